The van der Waals surface area contributed by atoms with Crippen LogP contribution in [0, 0.1) is 5.82 Å². The van der Waals surface area contributed by atoms with Crippen molar-refractivity contribution >= 4 is 21.9 Å². The minimum atomic E-state index is -0.952. The summed E-state index contributed by atoms with van der Waals surface area (Å²) in [5, 5.41) is 0. The van der Waals surface area contributed by atoms with Gasteiger partial charge >= 0.3 is 5.97 Å². The van der Waals surface area contributed by atoms with E-state index in [-0.39, 0.29) is 0 Å². The Morgan fingerprint density at radius 3 is 2.71 bits per heavy atom. The highest BCUT2D eigenvalue weighted by Crippen LogP contribution is 2.19. The van der Waals surface area contributed by atoms with Crippen molar-refractivity contribution in [2.45, 2.75) is 6.04 Å². The maximum Gasteiger partial charge on any atom is 0.327 e. The second-order valence-corrected chi connectivity index (χ2v) is 3.62. The first-order valence-corrected chi connectivity index (χ1v) is 4.63. The van der Waals surface area contributed by atoms with Gasteiger partial charge in [-0.1, -0.05) is 15.9 Å². The zero-order valence-corrected chi connectivity index (χ0v) is 9.05. The molecule has 0 amide bonds. The van der Waals surface area contributed by atoms with E-state index in [1.165, 1.54) is 19.2 Å². The minimum absolute atomic E-state index is 0.378. The summed E-state index contributed by atoms with van der Waals surface area (Å²) < 4.78 is 17.9. The second-order valence-electron chi connectivity index (χ2n) is 2.70. The van der Waals surface area contributed by atoms with Crippen molar-refractivity contribution in [3.05, 3.63) is 34.1 Å². The average Bonchev–Trinajstić information content (AvgIpc) is 2.14. The van der Waals surface area contributed by atoms with Gasteiger partial charge in [0.1, 0.15) is 11.9 Å². The van der Waals surface area contributed by atoms with Crippen LogP contribution in [0.25, 0.3) is 0 Å². The number of hydrogen-bond acceptors (Lipinski definition) is 3. The van der Waals surface area contributed by atoms with Crippen molar-refractivity contribution < 1.29 is 13.9 Å². The van der Waals surface area contributed by atoms with Crippen molar-refractivity contribution in [2.75, 3.05) is 7.11 Å². The average molecular weight is 262 g/mol. The summed E-state index contributed by atoms with van der Waals surface area (Å²) in [7, 11) is 1.23. The molecule has 0 spiro atoms. The molecule has 1 aromatic rings. The molecule has 0 saturated heterocycles. The molecule has 0 aliphatic carbocycles. The number of rotatable bonds is 2. The van der Waals surface area contributed by atoms with E-state index in [1.807, 2.05) is 0 Å². The van der Waals surface area contributed by atoms with E-state index >= 15 is 0 Å². The molecular formula is C9H9BrFNO2. The van der Waals surface area contributed by atoms with Gasteiger partial charge in [0.05, 0.1) is 7.11 Å². The Balaban J connectivity index is 3.00. The van der Waals surface area contributed by atoms with E-state index in [0.29, 0.717) is 10.0 Å². The molecule has 0 saturated carbocycles. The third-order valence-corrected chi connectivity index (χ3v) is 2.16. The van der Waals surface area contributed by atoms with Gasteiger partial charge in [-0.2, -0.15) is 0 Å². The van der Waals surface area contributed by atoms with Crippen LogP contribution in [0.3, 0.4) is 0 Å². The van der Waals surface area contributed by atoms with Crippen LogP contribution in [0.2, 0.25) is 0 Å². The molecule has 1 aromatic carbocycles. The van der Waals surface area contributed by atoms with Gasteiger partial charge in [0, 0.05) is 4.47 Å². The number of halogens is 2. The number of carbonyl (C=O) groups excluding carboxylic acids is 1. The zero-order chi connectivity index (χ0) is 10.7. The predicted octanol–water partition coefficient (Wildman–Crippen LogP) is 1.76. The van der Waals surface area contributed by atoms with Gasteiger partial charge in [-0.05, 0) is 23.8 Å². The smallest absolute Gasteiger partial charge is 0.327 e. The Kier molecular flexibility index (Phi) is 3.60. The van der Waals surface area contributed by atoms with Gasteiger partial charge in [-0.15, -0.1) is 0 Å². The van der Waals surface area contributed by atoms with E-state index < -0.39 is 17.8 Å². The van der Waals surface area contributed by atoms with Crippen LogP contribution in [0.1, 0.15) is 11.6 Å². The molecule has 0 radical (unpaired) electrons. The normalized spacial score (nSPS) is 12.3. The molecule has 0 aliphatic rings. The molecule has 5 heteroatoms. The van der Waals surface area contributed by atoms with E-state index in [9.17, 15) is 9.18 Å². The molecule has 0 aliphatic heterocycles. The summed E-state index contributed by atoms with van der Waals surface area (Å²) in [6.07, 6.45) is 0. The summed E-state index contributed by atoms with van der Waals surface area (Å²) in [6.45, 7) is 0. The molecule has 2 N–H and O–H groups in total. The Hall–Kier alpha value is -0.940. The molecule has 76 valence electrons. The topological polar surface area (TPSA) is 52.3 Å². The Morgan fingerprint density at radius 2 is 2.21 bits per heavy atom. The second kappa shape index (κ2) is 4.52. The first-order chi connectivity index (χ1) is 6.54. The molecule has 0 unspecified atom stereocenters. The lowest BCUT2D eigenvalue weighted by atomic mass is 10.1. The zero-order valence-electron chi connectivity index (χ0n) is 7.46. The lowest BCUT2D eigenvalue weighted by Gasteiger charge is -2.09. The lowest BCUT2D eigenvalue weighted by molar-refractivity contribution is -0.142. The molecule has 1 atom stereocenters. The van der Waals surface area contributed by atoms with Crippen LogP contribution in [0.4, 0.5) is 4.39 Å². The summed E-state index contributed by atoms with van der Waals surface area (Å²) >= 11 is 3.10. The van der Waals surface area contributed by atoms with Gasteiger partial charge in [0.15, 0.2) is 0 Å². The fraction of sp³-hybridized carbons (Fsp3) is 0.222. The van der Waals surface area contributed by atoms with Crippen molar-refractivity contribution in [3.63, 3.8) is 0 Å². The van der Waals surface area contributed by atoms with Crippen LogP contribution in [0.5, 0.6) is 0 Å². The summed E-state index contributed by atoms with van der Waals surface area (Å²) in [6, 6.07) is 3.11. The van der Waals surface area contributed by atoms with Crippen LogP contribution < -0.4 is 5.73 Å². The number of benzene rings is 1. The highest BCUT2D eigenvalue weighted by molar-refractivity contribution is 9.10. The Labute approximate surface area is 89.2 Å². The molecular weight excluding hydrogens is 253 g/mol. The standard InChI is InChI=1S/C9H9BrFNO2/c1-14-9(13)8(12)5-2-6(10)4-7(11)3-5/h2-4,8H,12H2,1H3/t8-/m0/s1. The maximum absolute atomic E-state index is 12.9. The third-order valence-electron chi connectivity index (χ3n) is 1.70. The number of methoxy groups -OCH3 is 1. The Bertz CT molecular complexity index is 336. The van der Waals surface area contributed by atoms with Gasteiger partial charge < -0.3 is 10.5 Å². The number of carbonyl (C=O) groups is 1. The highest BCUT2D eigenvalue weighted by atomic mass is 79.9. The molecule has 1 rings (SSSR count). The number of ether oxygens (including phenoxy) is 1. The fourth-order valence-corrected chi connectivity index (χ4v) is 1.50. The van der Waals surface area contributed by atoms with Gasteiger partial charge in [-0.25, -0.2) is 4.39 Å². The summed E-state index contributed by atoms with van der Waals surface area (Å²) in [5.74, 6) is -1.05. The monoisotopic (exact) mass is 261 g/mol. The molecule has 0 heterocycles. The van der Waals surface area contributed by atoms with Crippen LogP contribution in [-0.2, 0) is 9.53 Å². The van der Waals surface area contributed by atoms with Gasteiger partial charge in [-0.3, -0.25) is 4.79 Å². The van der Waals surface area contributed by atoms with Crippen LogP contribution >= 0.6 is 15.9 Å². The van der Waals surface area contributed by atoms with Crippen molar-refractivity contribution in [1.82, 2.24) is 0 Å². The third kappa shape index (κ3) is 2.52. The van der Waals surface area contributed by atoms with Crippen molar-refractivity contribution in [2.24, 2.45) is 5.73 Å². The molecule has 0 fully saturated rings. The van der Waals surface area contributed by atoms with E-state index in [0.717, 1.165) is 0 Å². The highest BCUT2D eigenvalue weighted by Gasteiger charge is 2.17. The fourth-order valence-electron chi connectivity index (χ4n) is 1.02. The SMILES string of the molecule is COC(=O)[C@@H](N)c1cc(F)cc(Br)c1. The largest absolute Gasteiger partial charge is 0.468 e. The molecule has 14 heavy (non-hydrogen) atoms. The van der Waals surface area contributed by atoms with Crippen molar-refractivity contribution in [1.29, 1.82) is 0 Å². The maximum atomic E-state index is 12.9. The Morgan fingerprint density at radius 1 is 1.57 bits per heavy atom. The predicted molar refractivity (Wildman–Crippen MR) is 53.0 cm³/mol. The minimum Gasteiger partial charge on any atom is -0.468 e. The van der Waals surface area contributed by atoms with Gasteiger partial charge in [0.25, 0.3) is 0 Å². The first-order valence-electron chi connectivity index (χ1n) is 3.84. The van der Waals surface area contributed by atoms with Gasteiger partial charge in [0.2, 0.25) is 0 Å². The van der Waals surface area contributed by atoms with Crippen molar-refractivity contribution in [3.8, 4) is 0 Å². The molecule has 0 bridgehead atoms. The van der Waals surface area contributed by atoms with Crippen LogP contribution in [0.15, 0.2) is 22.7 Å². The lowest BCUT2D eigenvalue weighted by Crippen LogP contribution is -2.22. The van der Waals surface area contributed by atoms with E-state index in [2.05, 4.69) is 20.7 Å². The van der Waals surface area contributed by atoms with Crippen LogP contribution in [-0.4, -0.2) is 13.1 Å². The summed E-state index contributed by atoms with van der Waals surface area (Å²) in [5.41, 5.74) is 5.90. The number of nitrogens with two attached hydrogens (primary N) is 1. The number of esters is 1. The number of hydrogen-bond donors (Lipinski definition) is 1. The molecule has 3 nitrogen and oxygen atoms in total. The van der Waals surface area contributed by atoms with E-state index in [4.69, 9.17) is 5.73 Å². The molecule has 0 aromatic heterocycles. The quantitative estimate of drug-likeness (QED) is 0.826. The summed E-state index contributed by atoms with van der Waals surface area (Å²) in [4.78, 5) is 11.0. The van der Waals surface area contributed by atoms with E-state index in [1.54, 1.807) is 6.07 Å². The first kappa shape index (κ1) is 11.1.